The van der Waals surface area contributed by atoms with Gasteiger partial charge in [0.25, 0.3) is 5.91 Å². The van der Waals surface area contributed by atoms with Gasteiger partial charge in [0.05, 0.1) is 31.5 Å². The lowest BCUT2D eigenvalue weighted by Gasteiger charge is -2.14. The first-order valence-corrected chi connectivity index (χ1v) is 10.4. The number of anilines is 1. The number of unbranched alkanes of at least 4 members (excludes halogenated alkanes) is 1. The van der Waals surface area contributed by atoms with Crippen LogP contribution in [0, 0.1) is 0 Å². The molecule has 162 valence electrons. The van der Waals surface area contributed by atoms with E-state index < -0.39 is 0 Å². The fourth-order valence-electron chi connectivity index (χ4n) is 2.67. The molecule has 6 heteroatoms. The molecule has 30 heavy (non-hydrogen) atoms. The van der Waals surface area contributed by atoms with E-state index in [-0.39, 0.29) is 18.0 Å². The summed E-state index contributed by atoms with van der Waals surface area (Å²) in [6.45, 7) is 9.18. The van der Waals surface area contributed by atoms with E-state index in [9.17, 15) is 9.59 Å². The molecular formula is C24H31NO5. The zero-order chi connectivity index (χ0) is 21.9. The van der Waals surface area contributed by atoms with Gasteiger partial charge in [-0.25, -0.2) is 4.79 Å². The summed E-state index contributed by atoms with van der Waals surface area (Å²) in [5.41, 5.74) is 2.38. The SMILES string of the molecule is CCCCOC(=O)c1ccc(NC(=O)c2ccc(OCC)c(COC(C)C)c2)cc1. The van der Waals surface area contributed by atoms with E-state index in [2.05, 4.69) is 5.32 Å². The third-order valence-electron chi connectivity index (χ3n) is 4.30. The van der Waals surface area contributed by atoms with Gasteiger partial charge in [-0.1, -0.05) is 13.3 Å². The topological polar surface area (TPSA) is 73.9 Å². The van der Waals surface area contributed by atoms with E-state index in [1.807, 2.05) is 27.7 Å². The largest absolute Gasteiger partial charge is 0.494 e. The Balaban J connectivity index is 2.05. The molecule has 0 saturated heterocycles. The maximum absolute atomic E-state index is 12.7. The first-order valence-electron chi connectivity index (χ1n) is 10.4. The van der Waals surface area contributed by atoms with Crippen LogP contribution in [0.5, 0.6) is 5.75 Å². The molecule has 0 saturated carbocycles. The molecule has 0 fully saturated rings. The van der Waals surface area contributed by atoms with Crippen LogP contribution < -0.4 is 10.1 Å². The second kappa shape index (κ2) is 12.0. The van der Waals surface area contributed by atoms with E-state index in [0.29, 0.717) is 42.4 Å². The summed E-state index contributed by atoms with van der Waals surface area (Å²) in [7, 11) is 0. The van der Waals surface area contributed by atoms with E-state index in [0.717, 1.165) is 18.4 Å². The Morgan fingerprint density at radius 2 is 1.70 bits per heavy atom. The number of carbonyl (C=O) groups excluding carboxylic acids is 2. The highest BCUT2D eigenvalue weighted by atomic mass is 16.5. The highest BCUT2D eigenvalue weighted by Crippen LogP contribution is 2.23. The van der Waals surface area contributed by atoms with Crippen molar-refractivity contribution in [3.05, 3.63) is 59.2 Å². The number of hydrogen-bond acceptors (Lipinski definition) is 5. The van der Waals surface area contributed by atoms with Gasteiger partial charge >= 0.3 is 5.97 Å². The highest BCUT2D eigenvalue weighted by molar-refractivity contribution is 6.04. The van der Waals surface area contributed by atoms with Crippen molar-refractivity contribution in [1.29, 1.82) is 0 Å². The Kier molecular flexibility index (Phi) is 9.35. The van der Waals surface area contributed by atoms with Gasteiger partial charge in [0.2, 0.25) is 0 Å². The normalized spacial score (nSPS) is 10.7. The monoisotopic (exact) mass is 413 g/mol. The lowest BCUT2D eigenvalue weighted by molar-refractivity contribution is 0.0499. The van der Waals surface area contributed by atoms with E-state index in [4.69, 9.17) is 14.2 Å². The minimum Gasteiger partial charge on any atom is -0.494 e. The standard InChI is InChI=1S/C24H31NO5/c1-5-7-14-29-24(27)18-8-11-21(12-9-18)25-23(26)19-10-13-22(28-6-2)20(15-19)16-30-17(3)4/h8-13,15,17H,5-7,14,16H2,1-4H3,(H,25,26). The zero-order valence-electron chi connectivity index (χ0n) is 18.2. The van der Waals surface area contributed by atoms with Gasteiger partial charge in [-0.05, 0) is 69.7 Å². The van der Waals surface area contributed by atoms with Crippen molar-refractivity contribution in [2.75, 3.05) is 18.5 Å². The van der Waals surface area contributed by atoms with Crippen molar-refractivity contribution >= 4 is 17.6 Å². The predicted molar refractivity (Wildman–Crippen MR) is 117 cm³/mol. The third kappa shape index (κ3) is 7.19. The van der Waals surface area contributed by atoms with Crippen molar-refractivity contribution in [3.63, 3.8) is 0 Å². The molecule has 0 aliphatic carbocycles. The number of rotatable bonds is 11. The van der Waals surface area contributed by atoms with Gasteiger partial charge in [-0.3, -0.25) is 4.79 Å². The Bertz CT molecular complexity index is 830. The number of ether oxygens (including phenoxy) is 3. The molecule has 1 amide bonds. The minimum atomic E-state index is -0.359. The number of carbonyl (C=O) groups is 2. The van der Waals surface area contributed by atoms with Crippen LogP contribution in [-0.4, -0.2) is 31.2 Å². The molecule has 0 spiro atoms. The number of benzene rings is 2. The van der Waals surface area contributed by atoms with Crippen molar-refractivity contribution < 1.29 is 23.8 Å². The Hall–Kier alpha value is -2.86. The molecule has 1 N–H and O–H groups in total. The second-order valence-corrected chi connectivity index (χ2v) is 7.14. The van der Waals surface area contributed by atoms with Crippen LogP contribution in [0.25, 0.3) is 0 Å². The number of amides is 1. The smallest absolute Gasteiger partial charge is 0.338 e. The van der Waals surface area contributed by atoms with Crippen LogP contribution in [0.1, 0.15) is 66.8 Å². The van der Waals surface area contributed by atoms with Crippen LogP contribution >= 0.6 is 0 Å². The summed E-state index contributed by atoms with van der Waals surface area (Å²) < 4.78 is 16.5. The zero-order valence-corrected chi connectivity index (χ0v) is 18.2. The van der Waals surface area contributed by atoms with Gasteiger partial charge in [-0.15, -0.1) is 0 Å². The Morgan fingerprint density at radius 3 is 2.33 bits per heavy atom. The molecule has 0 aliphatic rings. The number of esters is 1. The molecule has 0 unspecified atom stereocenters. The minimum absolute atomic E-state index is 0.0733. The quantitative estimate of drug-likeness (QED) is 0.404. The van der Waals surface area contributed by atoms with Gasteiger partial charge in [0.1, 0.15) is 5.75 Å². The summed E-state index contributed by atoms with van der Waals surface area (Å²) in [5.74, 6) is 0.102. The first kappa shape index (κ1) is 23.4. The van der Waals surface area contributed by atoms with Crippen molar-refractivity contribution in [2.45, 2.75) is 53.2 Å². The van der Waals surface area contributed by atoms with Crippen LogP contribution in [0.2, 0.25) is 0 Å². The summed E-state index contributed by atoms with van der Waals surface area (Å²) in [6.07, 6.45) is 1.88. The molecule has 0 aromatic heterocycles. The number of hydrogen-bond donors (Lipinski definition) is 1. The molecule has 6 nitrogen and oxygen atoms in total. The van der Waals surface area contributed by atoms with E-state index >= 15 is 0 Å². The summed E-state index contributed by atoms with van der Waals surface area (Å²) >= 11 is 0. The van der Waals surface area contributed by atoms with E-state index in [1.165, 1.54) is 0 Å². The maximum Gasteiger partial charge on any atom is 0.338 e. The molecule has 0 heterocycles. The second-order valence-electron chi connectivity index (χ2n) is 7.14. The fourth-order valence-corrected chi connectivity index (χ4v) is 2.67. The molecule has 2 aromatic carbocycles. The Morgan fingerprint density at radius 1 is 1.00 bits per heavy atom. The van der Waals surface area contributed by atoms with Gasteiger partial charge in [-0.2, -0.15) is 0 Å². The fraction of sp³-hybridized carbons (Fsp3) is 0.417. The van der Waals surface area contributed by atoms with Crippen LogP contribution in [0.15, 0.2) is 42.5 Å². The molecule has 2 aromatic rings. The molecule has 2 rings (SSSR count). The molecule has 0 atom stereocenters. The summed E-state index contributed by atoms with van der Waals surface area (Å²) in [5, 5.41) is 2.85. The van der Waals surface area contributed by atoms with Crippen LogP contribution in [0.3, 0.4) is 0 Å². The van der Waals surface area contributed by atoms with E-state index in [1.54, 1.807) is 42.5 Å². The maximum atomic E-state index is 12.7. The molecule has 0 bridgehead atoms. The molecule has 0 radical (unpaired) electrons. The lowest BCUT2D eigenvalue weighted by Crippen LogP contribution is -2.13. The van der Waals surface area contributed by atoms with Crippen LogP contribution in [0.4, 0.5) is 5.69 Å². The number of nitrogens with one attached hydrogen (secondary N) is 1. The first-order chi connectivity index (χ1) is 14.4. The lowest BCUT2D eigenvalue weighted by atomic mass is 10.1. The Labute approximate surface area is 178 Å². The van der Waals surface area contributed by atoms with Gasteiger partial charge in [0, 0.05) is 16.8 Å². The predicted octanol–water partition coefficient (Wildman–Crippen LogP) is 5.22. The third-order valence-corrected chi connectivity index (χ3v) is 4.30. The summed E-state index contributed by atoms with van der Waals surface area (Å²) in [6, 6.07) is 11.9. The van der Waals surface area contributed by atoms with Crippen molar-refractivity contribution in [2.24, 2.45) is 0 Å². The summed E-state index contributed by atoms with van der Waals surface area (Å²) in [4.78, 5) is 24.7. The van der Waals surface area contributed by atoms with Gasteiger partial charge < -0.3 is 19.5 Å². The van der Waals surface area contributed by atoms with Gasteiger partial charge in [0.15, 0.2) is 0 Å². The van der Waals surface area contributed by atoms with Crippen molar-refractivity contribution in [1.82, 2.24) is 0 Å². The highest BCUT2D eigenvalue weighted by Gasteiger charge is 2.13. The van der Waals surface area contributed by atoms with Crippen molar-refractivity contribution in [3.8, 4) is 5.75 Å². The average Bonchev–Trinajstić information content (AvgIpc) is 2.73. The van der Waals surface area contributed by atoms with Crippen LogP contribution in [-0.2, 0) is 16.1 Å². The molecular weight excluding hydrogens is 382 g/mol. The average molecular weight is 414 g/mol. The molecule has 0 aliphatic heterocycles.